The van der Waals surface area contributed by atoms with Gasteiger partial charge in [0.2, 0.25) is 5.91 Å². The molecule has 72 valence electrons. The van der Waals surface area contributed by atoms with Crippen LogP contribution in [0.3, 0.4) is 0 Å². The third-order valence-electron chi connectivity index (χ3n) is 1.41. The zero-order chi connectivity index (χ0) is 9.84. The summed E-state index contributed by atoms with van der Waals surface area (Å²) in [7, 11) is 0. The van der Waals surface area contributed by atoms with Crippen LogP contribution < -0.4 is 5.32 Å². The first-order chi connectivity index (χ1) is 6.08. The van der Waals surface area contributed by atoms with Crippen molar-refractivity contribution in [2.45, 2.75) is 20.3 Å². The Bertz CT molecular complexity index is 295. The van der Waals surface area contributed by atoms with Gasteiger partial charge in [-0.15, -0.1) is 0 Å². The Morgan fingerprint density at radius 3 is 2.92 bits per heavy atom. The molecular formula is C8H12ClN3O. The highest BCUT2D eigenvalue weighted by molar-refractivity contribution is 6.29. The van der Waals surface area contributed by atoms with Crippen LogP contribution in [-0.4, -0.2) is 16.1 Å². The predicted octanol–water partition coefficient (Wildman–Crippen LogP) is 2.05. The van der Waals surface area contributed by atoms with Crippen molar-refractivity contribution in [3.05, 3.63) is 11.2 Å². The van der Waals surface area contributed by atoms with Gasteiger partial charge >= 0.3 is 0 Å². The first-order valence-electron chi connectivity index (χ1n) is 4.08. The number of anilines is 1. The molecule has 0 atom stereocenters. The second kappa shape index (κ2) is 4.28. The van der Waals surface area contributed by atoms with Crippen LogP contribution in [0.5, 0.6) is 0 Å². The minimum Gasteiger partial charge on any atom is -0.309 e. The summed E-state index contributed by atoms with van der Waals surface area (Å²) in [5, 5.41) is 9.35. The summed E-state index contributed by atoms with van der Waals surface area (Å²) in [6.45, 7) is 3.97. The molecule has 5 heteroatoms. The van der Waals surface area contributed by atoms with Gasteiger partial charge < -0.3 is 5.32 Å². The molecule has 1 aromatic rings. The standard InChI is InChI=1S/C8H12ClN3O/c1-5(2)3-8(13)10-7-4-6(9)11-12-7/h4-5H,3H2,1-2H3,(H2,10,11,12,13). The van der Waals surface area contributed by atoms with Crippen molar-refractivity contribution in [2.24, 2.45) is 5.92 Å². The van der Waals surface area contributed by atoms with E-state index in [2.05, 4.69) is 15.5 Å². The monoisotopic (exact) mass is 201 g/mol. The lowest BCUT2D eigenvalue weighted by Crippen LogP contribution is -2.13. The van der Waals surface area contributed by atoms with Crippen LogP contribution in [-0.2, 0) is 4.79 Å². The number of nitrogens with one attached hydrogen (secondary N) is 2. The van der Waals surface area contributed by atoms with Crippen LogP contribution in [0, 0.1) is 5.92 Å². The Kier molecular flexibility index (Phi) is 3.31. The molecule has 0 saturated carbocycles. The summed E-state index contributed by atoms with van der Waals surface area (Å²) in [4.78, 5) is 11.2. The molecule has 13 heavy (non-hydrogen) atoms. The molecule has 4 nitrogen and oxygen atoms in total. The Labute approximate surface area is 81.7 Å². The molecule has 0 aliphatic heterocycles. The van der Waals surface area contributed by atoms with Crippen LogP contribution in [0.25, 0.3) is 0 Å². The average Bonchev–Trinajstić information content (AvgIpc) is 2.33. The van der Waals surface area contributed by atoms with E-state index < -0.39 is 0 Å². The number of amides is 1. The van der Waals surface area contributed by atoms with Gasteiger partial charge in [-0.2, -0.15) is 5.10 Å². The van der Waals surface area contributed by atoms with E-state index in [1.165, 1.54) is 0 Å². The molecular weight excluding hydrogens is 190 g/mol. The molecule has 1 heterocycles. The molecule has 0 unspecified atom stereocenters. The Hall–Kier alpha value is -1.03. The average molecular weight is 202 g/mol. The number of H-pyrrole nitrogens is 1. The molecule has 0 bridgehead atoms. The highest BCUT2D eigenvalue weighted by Crippen LogP contribution is 2.10. The van der Waals surface area contributed by atoms with Crippen molar-refractivity contribution in [3.8, 4) is 0 Å². The lowest BCUT2D eigenvalue weighted by molar-refractivity contribution is -0.116. The summed E-state index contributed by atoms with van der Waals surface area (Å²) < 4.78 is 0. The maximum atomic E-state index is 11.2. The minimum absolute atomic E-state index is 0.0434. The zero-order valence-corrected chi connectivity index (χ0v) is 8.35. The fourth-order valence-corrected chi connectivity index (χ4v) is 1.07. The number of carbonyl (C=O) groups excluding carboxylic acids is 1. The number of carbonyl (C=O) groups is 1. The molecule has 0 fully saturated rings. The molecule has 1 aromatic heterocycles. The second-order valence-electron chi connectivity index (χ2n) is 3.25. The lowest BCUT2D eigenvalue weighted by Gasteiger charge is -2.03. The van der Waals surface area contributed by atoms with E-state index in [0.29, 0.717) is 23.3 Å². The van der Waals surface area contributed by atoms with Gasteiger partial charge in [-0.05, 0) is 5.92 Å². The van der Waals surface area contributed by atoms with Gasteiger partial charge in [-0.1, -0.05) is 25.4 Å². The Morgan fingerprint density at radius 1 is 1.77 bits per heavy atom. The van der Waals surface area contributed by atoms with Crippen molar-refractivity contribution in [2.75, 3.05) is 5.32 Å². The molecule has 1 rings (SSSR count). The minimum atomic E-state index is -0.0434. The van der Waals surface area contributed by atoms with Gasteiger partial charge in [0.25, 0.3) is 0 Å². The van der Waals surface area contributed by atoms with E-state index in [1.807, 2.05) is 13.8 Å². The topological polar surface area (TPSA) is 57.8 Å². The number of rotatable bonds is 3. The fourth-order valence-electron chi connectivity index (χ4n) is 0.927. The summed E-state index contributed by atoms with van der Waals surface area (Å²) in [5.41, 5.74) is 0. The van der Waals surface area contributed by atoms with Crippen LogP contribution in [0.4, 0.5) is 5.82 Å². The highest BCUT2D eigenvalue weighted by atomic mass is 35.5. The number of hydrogen-bond donors (Lipinski definition) is 2. The third kappa shape index (κ3) is 3.46. The summed E-state index contributed by atoms with van der Waals surface area (Å²) >= 11 is 5.58. The molecule has 0 spiro atoms. The van der Waals surface area contributed by atoms with Gasteiger partial charge in [0, 0.05) is 12.5 Å². The van der Waals surface area contributed by atoms with E-state index in [0.717, 1.165) is 0 Å². The van der Waals surface area contributed by atoms with E-state index >= 15 is 0 Å². The fraction of sp³-hybridized carbons (Fsp3) is 0.500. The van der Waals surface area contributed by atoms with Crippen LogP contribution >= 0.6 is 11.6 Å². The van der Waals surface area contributed by atoms with Crippen molar-refractivity contribution < 1.29 is 4.79 Å². The lowest BCUT2D eigenvalue weighted by atomic mass is 10.1. The number of nitrogens with zero attached hydrogens (tertiary/aromatic N) is 1. The van der Waals surface area contributed by atoms with Crippen molar-refractivity contribution >= 4 is 23.3 Å². The number of hydrogen-bond acceptors (Lipinski definition) is 2. The molecule has 0 aliphatic carbocycles. The highest BCUT2D eigenvalue weighted by Gasteiger charge is 2.06. The second-order valence-corrected chi connectivity index (χ2v) is 3.65. The smallest absolute Gasteiger partial charge is 0.225 e. The maximum absolute atomic E-state index is 11.2. The molecule has 0 radical (unpaired) electrons. The van der Waals surface area contributed by atoms with Crippen molar-refractivity contribution in [3.63, 3.8) is 0 Å². The van der Waals surface area contributed by atoms with Crippen molar-refractivity contribution in [1.82, 2.24) is 10.2 Å². The number of aromatic amines is 1. The van der Waals surface area contributed by atoms with Crippen molar-refractivity contribution in [1.29, 1.82) is 0 Å². The first kappa shape index (κ1) is 10.1. The van der Waals surface area contributed by atoms with Crippen LogP contribution in [0.1, 0.15) is 20.3 Å². The van der Waals surface area contributed by atoms with Crippen LogP contribution in [0.2, 0.25) is 5.15 Å². The predicted molar refractivity (Wildman–Crippen MR) is 51.7 cm³/mol. The van der Waals surface area contributed by atoms with E-state index in [-0.39, 0.29) is 5.91 Å². The van der Waals surface area contributed by atoms with Gasteiger partial charge in [-0.25, -0.2) is 0 Å². The Balaban J connectivity index is 2.45. The van der Waals surface area contributed by atoms with E-state index in [1.54, 1.807) is 6.07 Å². The molecule has 0 aliphatic rings. The summed E-state index contributed by atoms with van der Waals surface area (Å²) in [6, 6.07) is 1.57. The van der Waals surface area contributed by atoms with Gasteiger partial charge in [0.1, 0.15) is 5.15 Å². The maximum Gasteiger partial charge on any atom is 0.225 e. The quantitative estimate of drug-likeness (QED) is 0.787. The molecule has 0 saturated heterocycles. The number of aromatic nitrogens is 2. The zero-order valence-electron chi connectivity index (χ0n) is 7.60. The molecule has 2 N–H and O–H groups in total. The third-order valence-corrected chi connectivity index (χ3v) is 1.60. The van der Waals surface area contributed by atoms with E-state index in [9.17, 15) is 4.79 Å². The van der Waals surface area contributed by atoms with Gasteiger partial charge in [0.05, 0.1) is 0 Å². The van der Waals surface area contributed by atoms with E-state index in [4.69, 9.17) is 11.6 Å². The normalized spacial score (nSPS) is 10.5. The largest absolute Gasteiger partial charge is 0.309 e. The summed E-state index contributed by atoms with van der Waals surface area (Å²) in [5.74, 6) is 0.767. The van der Waals surface area contributed by atoms with Crippen LogP contribution in [0.15, 0.2) is 6.07 Å². The molecule has 1 amide bonds. The van der Waals surface area contributed by atoms with Gasteiger partial charge in [-0.3, -0.25) is 9.89 Å². The number of halogens is 1. The summed E-state index contributed by atoms with van der Waals surface area (Å²) in [6.07, 6.45) is 0.491. The first-order valence-corrected chi connectivity index (χ1v) is 4.46. The Morgan fingerprint density at radius 2 is 2.46 bits per heavy atom. The van der Waals surface area contributed by atoms with Gasteiger partial charge in [0.15, 0.2) is 5.82 Å². The SMILES string of the molecule is CC(C)CC(=O)Nc1cc(Cl)[nH]n1. The molecule has 0 aromatic carbocycles.